The minimum Gasteiger partial charge on any atom is -0.318 e. The first-order chi connectivity index (χ1) is 15.7. The molecule has 3 heterocycles. The van der Waals surface area contributed by atoms with Gasteiger partial charge in [-0.2, -0.15) is 0 Å². The molecule has 0 unspecified atom stereocenters. The molecule has 0 fully saturated rings. The van der Waals surface area contributed by atoms with E-state index >= 15 is 0 Å². The van der Waals surface area contributed by atoms with Crippen molar-refractivity contribution in [1.29, 1.82) is 0 Å². The smallest absolute Gasteiger partial charge is 0.318 e. The van der Waals surface area contributed by atoms with Crippen LogP contribution in [0.5, 0.6) is 0 Å². The molecule has 6 nitrogen and oxygen atoms in total. The number of halogens is 1. The van der Waals surface area contributed by atoms with E-state index in [2.05, 4.69) is 35.8 Å². The molecule has 5 rings (SSSR count). The highest BCUT2D eigenvalue weighted by Gasteiger charge is 2.43. The summed E-state index contributed by atoms with van der Waals surface area (Å²) in [5, 5.41) is 0. The summed E-state index contributed by atoms with van der Waals surface area (Å²) in [4.78, 5) is 26.9. The minimum atomic E-state index is -0.0425. The van der Waals surface area contributed by atoms with Crippen LogP contribution in [0.3, 0.4) is 0 Å². The van der Waals surface area contributed by atoms with Gasteiger partial charge in [0, 0.05) is 13.1 Å². The van der Waals surface area contributed by atoms with Gasteiger partial charge in [0.15, 0.2) is 11.7 Å². The molecule has 2 aliphatic heterocycles. The summed E-state index contributed by atoms with van der Waals surface area (Å²) in [5.74, 6) is 2.43. The van der Waals surface area contributed by atoms with Crippen molar-refractivity contribution >= 4 is 29.3 Å². The number of hydrogen-bond acceptors (Lipinski definition) is 3. The van der Waals surface area contributed by atoms with Gasteiger partial charge < -0.3 is 4.57 Å². The number of amidine groups is 1. The van der Waals surface area contributed by atoms with Gasteiger partial charge >= 0.3 is 6.03 Å². The van der Waals surface area contributed by atoms with Gasteiger partial charge in [-0.15, -0.1) is 11.6 Å². The van der Waals surface area contributed by atoms with Gasteiger partial charge in [-0.25, -0.2) is 9.78 Å². The Bertz CT molecular complexity index is 1140. The standard InChI is InChI=1S/C25H26ClN5O/c1-2-13-29-24-22(30(21(15-26)28-24)16-19-11-7-4-8-12-19)23-27-20(17-31(23)25(29)32)14-18-9-5-3-6-10-18/h3-12,20H,2,13-17H2,1H3/t20-/m1/s1. The monoisotopic (exact) mass is 447 g/mol. The SMILES string of the molecule is CCCN1C(=O)N2C[C@@H](Cc3ccccc3)N=C2c2c1nc(CCl)n2Cc1ccccc1. The van der Waals surface area contributed by atoms with Gasteiger partial charge in [0.1, 0.15) is 11.5 Å². The second kappa shape index (κ2) is 8.79. The highest BCUT2D eigenvalue weighted by atomic mass is 35.5. The van der Waals surface area contributed by atoms with Gasteiger partial charge in [0.25, 0.3) is 0 Å². The van der Waals surface area contributed by atoms with Crippen molar-refractivity contribution in [3.63, 3.8) is 0 Å². The van der Waals surface area contributed by atoms with Crippen LogP contribution in [0, 0.1) is 0 Å². The third-order valence-corrected chi connectivity index (χ3v) is 6.21. The van der Waals surface area contributed by atoms with E-state index in [0.717, 1.165) is 35.8 Å². The summed E-state index contributed by atoms with van der Waals surface area (Å²) in [6.07, 6.45) is 1.65. The summed E-state index contributed by atoms with van der Waals surface area (Å²) in [7, 11) is 0. The second-order valence-corrected chi connectivity index (χ2v) is 8.51. The van der Waals surface area contributed by atoms with E-state index in [1.165, 1.54) is 5.56 Å². The molecular weight excluding hydrogens is 422 g/mol. The van der Waals surface area contributed by atoms with Gasteiger partial charge in [0.05, 0.1) is 18.5 Å². The first kappa shape index (κ1) is 20.8. The molecule has 1 aromatic heterocycles. The normalized spacial score (nSPS) is 17.4. The zero-order valence-corrected chi connectivity index (χ0v) is 18.9. The van der Waals surface area contributed by atoms with Gasteiger partial charge in [-0.05, 0) is 24.0 Å². The maximum Gasteiger partial charge on any atom is 0.331 e. The lowest BCUT2D eigenvalue weighted by molar-refractivity contribution is 0.226. The predicted octanol–water partition coefficient (Wildman–Crippen LogP) is 4.69. The van der Waals surface area contributed by atoms with Crippen LogP contribution >= 0.6 is 11.6 Å². The van der Waals surface area contributed by atoms with Crippen molar-refractivity contribution in [2.24, 2.45) is 4.99 Å². The van der Waals surface area contributed by atoms with E-state index < -0.39 is 0 Å². The number of aromatic nitrogens is 2. The molecular formula is C25H26ClN5O. The minimum absolute atomic E-state index is 0.0188. The Morgan fingerprint density at radius 1 is 1.03 bits per heavy atom. The Kier molecular flexibility index (Phi) is 5.70. The molecule has 32 heavy (non-hydrogen) atoms. The van der Waals surface area contributed by atoms with Crippen LogP contribution in [0.2, 0.25) is 0 Å². The first-order valence-electron chi connectivity index (χ1n) is 11.1. The molecule has 0 saturated carbocycles. The van der Waals surface area contributed by atoms with E-state index in [0.29, 0.717) is 25.5 Å². The van der Waals surface area contributed by atoms with Crippen LogP contribution in [0.4, 0.5) is 10.6 Å². The Morgan fingerprint density at radius 2 is 1.72 bits per heavy atom. The van der Waals surface area contributed by atoms with Gasteiger partial charge in [0.2, 0.25) is 0 Å². The highest BCUT2D eigenvalue weighted by Crippen LogP contribution is 2.34. The number of aliphatic imine (C=N–C) groups is 1. The van der Waals surface area contributed by atoms with Crippen LogP contribution in [-0.4, -0.2) is 45.4 Å². The Hall–Kier alpha value is -3.12. The molecule has 0 N–H and O–H groups in total. The lowest BCUT2D eigenvalue weighted by Crippen LogP contribution is -2.51. The molecule has 0 spiro atoms. The fourth-order valence-corrected chi connectivity index (χ4v) is 4.73. The number of hydrogen-bond donors (Lipinski definition) is 0. The Balaban J connectivity index is 1.59. The van der Waals surface area contributed by atoms with Crippen LogP contribution < -0.4 is 4.90 Å². The number of benzene rings is 2. The van der Waals surface area contributed by atoms with E-state index in [1.807, 2.05) is 41.3 Å². The fourth-order valence-electron chi connectivity index (χ4n) is 4.53. The molecule has 0 radical (unpaired) electrons. The fraction of sp³-hybridized carbons (Fsp3) is 0.320. The Morgan fingerprint density at radius 3 is 2.38 bits per heavy atom. The zero-order valence-electron chi connectivity index (χ0n) is 18.1. The molecule has 2 amide bonds. The van der Waals surface area contributed by atoms with Gasteiger partial charge in [-0.1, -0.05) is 67.6 Å². The number of carbonyl (C=O) groups is 1. The predicted molar refractivity (Wildman–Crippen MR) is 128 cm³/mol. The number of nitrogens with zero attached hydrogens (tertiary/aromatic N) is 5. The van der Waals surface area contributed by atoms with Crippen molar-refractivity contribution in [1.82, 2.24) is 14.5 Å². The molecule has 3 aromatic rings. The molecule has 2 aliphatic rings. The second-order valence-electron chi connectivity index (χ2n) is 8.25. The molecule has 164 valence electrons. The van der Waals surface area contributed by atoms with E-state index in [1.54, 1.807) is 4.90 Å². The van der Waals surface area contributed by atoms with E-state index in [-0.39, 0.29) is 18.0 Å². The topological polar surface area (TPSA) is 53.7 Å². The average molecular weight is 448 g/mol. The first-order valence-corrected chi connectivity index (χ1v) is 11.6. The number of carbonyl (C=O) groups excluding carboxylic acids is 1. The molecule has 0 aliphatic carbocycles. The van der Waals surface area contributed by atoms with Crippen LogP contribution in [-0.2, 0) is 18.8 Å². The third-order valence-electron chi connectivity index (χ3n) is 5.98. The van der Waals surface area contributed by atoms with Crippen molar-refractivity contribution in [2.45, 2.75) is 38.2 Å². The zero-order chi connectivity index (χ0) is 22.1. The number of alkyl halides is 1. The van der Waals surface area contributed by atoms with Crippen LogP contribution in [0.1, 0.15) is 36.0 Å². The number of urea groups is 1. The van der Waals surface area contributed by atoms with Crippen molar-refractivity contribution in [3.8, 4) is 0 Å². The van der Waals surface area contributed by atoms with Crippen molar-refractivity contribution < 1.29 is 4.79 Å². The maximum atomic E-state index is 13.4. The average Bonchev–Trinajstić information content (AvgIpc) is 3.39. The van der Waals surface area contributed by atoms with E-state index in [4.69, 9.17) is 21.6 Å². The maximum absolute atomic E-state index is 13.4. The third kappa shape index (κ3) is 3.69. The molecule has 1 atom stereocenters. The lowest BCUT2D eigenvalue weighted by atomic mass is 10.1. The molecule has 2 aromatic carbocycles. The van der Waals surface area contributed by atoms with Crippen LogP contribution in [0.15, 0.2) is 65.7 Å². The van der Waals surface area contributed by atoms with Crippen molar-refractivity contribution in [2.75, 3.05) is 18.0 Å². The van der Waals surface area contributed by atoms with E-state index in [9.17, 15) is 4.79 Å². The lowest BCUT2D eigenvalue weighted by Gasteiger charge is -2.33. The quantitative estimate of drug-likeness (QED) is 0.493. The van der Waals surface area contributed by atoms with Crippen LogP contribution in [0.25, 0.3) is 0 Å². The molecule has 0 saturated heterocycles. The summed E-state index contributed by atoms with van der Waals surface area (Å²) >= 11 is 6.32. The molecule has 7 heteroatoms. The summed E-state index contributed by atoms with van der Waals surface area (Å²) < 4.78 is 2.13. The van der Waals surface area contributed by atoms with Crippen molar-refractivity contribution in [3.05, 3.63) is 83.3 Å². The Labute approximate surface area is 193 Å². The largest absolute Gasteiger partial charge is 0.331 e. The summed E-state index contributed by atoms with van der Waals surface area (Å²) in [6, 6.07) is 20.5. The van der Waals surface area contributed by atoms with Gasteiger partial charge in [-0.3, -0.25) is 14.8 Å². The summed E-state index contributed by atoms with van der Waals surface area (Å²) in [5.41, 5.74) is 3.27. The summed E-state index contributed by atoms with van der Waals surface area (Å²) in [6.45, 7) is 3.90. The number of imidazole rings is 1. The number of rotatable bonds is 7. The number of anilines is 1. The highest BCUT2D eigenvalue weighted by molar-refractivity contribution is 6.19. The number of amides is 2. The molecule has 0 bridgehead atoms. The number of fused-ring (bicyclic) bond motifs is 3.